The average Bonchev–Trinajstić information content (AvgIpc) is 2.98. The second-order valence-electron chi connectivity index (χ2n) is 5.68. The van der Waals surface area contributed by atoms with Crippen LogP contribution in [0.1, 0.15) is 19.3 Å². The van der Waals surface area contributed by atoms with Crippen LogP contribution in [0.4, 0.5) is 10.1 Å². The van der Waals surface area contributed by atoms with E-state index in [1.165, 1.54) is 12.1 Å². The standard InChI is InChI=1S/C15H17FN2O3/c16-11-3-1-2-4-12(11)17-14(19)8-18-9-5-6-13(18)10(7-9)15(20)21/h1-4,9-10,13H,5-8H2,(H,17,19)(H,20,21). The van der Waals surface area contributed by atoms with Crippen molar-refractivity contribution in [2.24, 2.45) is 5.92 Å². The number of hydrogen-bond donors (Lipinski definition) is 2. The minimum absolute atomic E-state index is 0.0705. The average molecular weight is 292 g/mol. The SMILES string of the molecule is O=C(CN1C2CCC1C(C(=O)O)C2)Nc1ccccc1F. The van der Waals surface area contributed by atoms with Gasteiger partial charge in [0.1, 0.15) is 5.82 Å². The van der Waals surface area contributed by atoms with Crippen molar-refractivity contribution in [2.45, 2.75) is 31.3 Å². The molecule has 2 saturated heterocycles. The molecule has 3 atom stereocenters. The number of amides is 1. The van der Waals surface area contributed by atoms with E-state index >= 15 is 0 Å². The van der Waals surface area contributed by atoms with E-state index in [1.807, 2.05) is 4.90 Å². The van der Waals surface area contributed by atoms with E-state index in [-0.39, 0.29) is 36.1 Å². The van der Waals surface area contributed by atoms with Gasteiger partial charge in [-0.05, 0) is 31.4 Å². The third-order valence-corrected chi connectivity index (χ3v) is 4.47. The summed E-state index contributed by atoms with van der Waals surface area (Å²) in [6.45, 7) is 0.118. The molecule has 2 aliphatic rings. The number of fused-ring (bicyclic) bond motifs is 2. The Bertz CT molecular complexity index is 578. The molecule has 5 nitrogen and oxygen atoms in total. The van der Waals surface area contributed by atoms with E-state index in [1.54, 1.807) is 12.1 Å². The summed E-state index contributed by atoms with van der Waals surface area (Å²) in [5.41, 5.74) is 0.156. The fourth-order valence-corrected chi connectivity index (χ4v) is 3.53. The highest BCUT2D eigenvalue weighted by Gasteiger charge is 2.49. The summed E-state index contributed by atoms with van der Waals surface area (Å²) in [6.07, 6.45) is 2.35. The molecule has 0 radical (unpaired) electrons. The number of carbonyl (C=O) groups excluding carboxylic acids is 1. The number of hydrogen-bond acceptors (Lipinski definition) is 3. The maximum absolute atomic E-state index is 13.5. The van der Waals surface area contributed by atoms with E-state index in [0.29, 0.717) is 6.42 Å². The third-order valence-electron chi connectivity index (χ3n) is 4.47. The Morgan fingerprint density at radius 1 is 1.33 bits per heavy atom. The van der Waals surface area contributed by atoms with Gasteiger partial charge in [-0.2, -0.15) is 0 Å². The highest BCUT2D eigenvalue weighted by atomic mass is 19.1. The first-order valence-electron chi connectivity index (χ1n) is 7.09. The van der Waals surface area contributed by atoms with Crippen LogP contribution in [0.25, 0.3) is 0 Å². The van der Waals surface area contributed by atoms with Crippen LogP contribution in [0.15, 0.2) is 24.3 Å². The smallest absolute Gasteiger partial charge is 0.308 e. The summed E-state index contributed by atoms with van der Waals surface area (Å²) in [5, 5.41) is 11.7. The van der Waals surface area contributed by atoms with Gasteiger partial charge in [0.25, 0.3) is 0 Å². The quantitative estimate of drug-likeness (QED) is 0.886. The summed E-state index contributed by atoms with van der Waals surface area (Å²) >= 11 is 0. The molecular formula is C15H17FN2O3. The Morgan fingerprint density at radius 2 is 2.10 bits per heavy atom. The summed E-state index contributed by atoms with van der Waals surface area (Å²) in [6, 6.07) is 6.09. The van der Waals surface area contributed by atoms with Gasteiger partial charge in [-0.15, -0.1) is 0 Å². The zero-order chi connectivity index (χ0) is 15.0. The van der Waals surface area contributed by atoms with Crippen LogP contribution in [0.5, 0.6) is 0 Å². The second kappa shape index (κ2) is 5.44. The van der Waals surface area contributed by atoms with Crippen molar-refractivity contribution in [3.05, 3.63) is 30.1 Å². The number of nitrogens with one attached hydrogen (secondary N) is 1. The van der Waals surface area contributed by atoms with Gasteiger partial charge >= 0.3 is 5.97 Å². The Hall–Kier alpha value is -1.95. The lowest BCUT2D eigenvalue weighted by molar-refractivity contribution is -0.142. The van der Waals surface area contributed by atoms with E-state index in [0.717, 1.165) is 12.8 Å². The van der Waals surface area contributed by atoms with Gasteiger partial charge < -0.3 is 10.4 Å². The molecule has 21 heavy (non-hydrogen) atoms. The fourth-order valence-electron chi connectivity index (χ4n) is 3.53. The summed E-state index contributed by atoms with van der Waals surface area (Å²) in [4.78, 5) is 25.2. The first-order valence-corrected chi connectivity index (χ1v) is 7.09. The maximum Gasteiger partial charge on any atom is 0.308 e. The van der Waals surface area contributed by atoms with Crippen LogP contribution < -0.4 is 5.32 Å². The molecule has 112 valence electrons. The number of carboxylic acid groups (broad SMARTS) is 1. The van der Waals surface area contributed by atoms with Gasteiger partial charge in [-0.1, -0.05) is 12.1 Å². The van der Waals surface area contributed by atoms with E-state index in [9.17, 15) is 19.1 Å². The lowest BCUT2D eigenvalue weighted by atomic mass is 9.89. The normalized spacial score (nSPS) is 27.8. The topological polar surface area (TPSA) is 69.6 Å². The molecule has 0 spiro atoms. The van der Waals surface area contributed by atoms with Gasteiger partial charge in [0.15, 0.2) is 0 Å². The van der Waals surface area contributed by atoms with Crippen LogP contribution >= 0.6 is 0 Å². The molecule has 1 amide bonds. The lowest BCUT2D eigenvalue weighted by Gasteiger charge is -2.22. The maximum atomic E-state index is 13.5. The van der Waals surface area contributed by atoms with Crippen molar-refractivity contribution in [1.82, 2.24) is 4.90 Å². The first-order chi connectivity index (χ1) is 10.1. The van der Waals surface area contributed by atoms with Gasteiger partial charge in [0.2, 0.25) is 5.91 Å². The van der Waals surface area contributed by atoms with Crippen molar-refractivity contribution in [2.75, 3.05) is 11.9 Å². The van der Waals surface area contributed by atoms with Crippen molar-refractivity contribution in [3.8, 4) is 0 Å². The van der Waals surface area contributed by atoms with Crippen LogP contribution in [-0.2, 0) is 9.59 Å². The summed E-state index contributed by atoms with van der Waals surface area (Å²) in [5.74, 6) is -1.95. The number of aliphatic carboxylic acids is 1. The molecule has 3 unspecified atom stereocenters. The van der Waals surface area contributed by atoms with Gasteiger partial charge in [0.05, 0.1) is 18.2 Å². The Balaban J connectivity index is 1.64. The molecule has 3 rings (SSSR count). The molecule has 2 heterocycles. The predicted octanol–water partition coefficient (Wildman–Crippen LogP) is 1.70. The van der Waals surface area contributed by atoms with E-state index in [2.05, 4.69) is 5.32 Å². The highest BCUT2D eigenvalue weighted by Crippen LogP contribution is 2.41. The van der Waals surface area contributed by atoms with E-state index < -0.39 is 11.8 Å². The molecule has 0 aliphatic carbocycles. The number of carboxylic acids is 1. The van der Waals surface area contributed by atoms with Gasteiger partial charge in [-0.25, -0.2) is 4.39 Å². The number of para-hydroxylation sites is 1. The van der Waals surface area contributed by atoms with Crippen molar-refractivity contribution < 1.29 is 19.1 Å². The van der Waals surface area contributed by atoms with Crippen molar-refractivity contribution >= 4 is 17.6 Å². The largest absolute Gasteiger partial charge is 0.481 e. The summed E-state index contributed by atoms with van der Waals surface area (Å²) < 4.78 is 13.5. The van der Waals surface area contributed by atoms with E-state index in [4.69, 9.17) is 0 Å². The second-order valence-corrected chi connectivity index (χ2v) is 5.68. The number of halogens is 1. The van der Waals surface area contributed by atoms with Crippen molar-refractivity contribution in [3.63, 3.8) is 0 Å². The summed E-state index contributed by atoms with van der Waals surface area (Å²) in [7, 11) is 0. The molecule has 2 bridgehead atoms. The third kappa shape index (κ3) is 2.63. The number of benzene rings is 1. The lowest BCUT2D eigenvalue weighted by Crippen LogP contribution is -2.38. The molecule has 6 heteroatoms. The van der Waals surface area contributed by atoms with Gasteiger partial charge in [0, 0.05) is 12.1 Å². The number of nitrogens with zero attached hydrogens (tertiary/aromatic N) is 1. The molecule has 2 N–H and O–H groups in total. The van der Waals surface area contributed by atoms with Crippen LogP contribution in [0.3, 0.4) is 0 Å². The molecule has 2 fully saturated rings. The predicted molar refractivity (Wildman–Crippen MR) is 74.3 cm³/mol. The van der Waals surface area contributed by atoms with Crippen LogP contribution in [0, 0.1) is 11.7 Å². The van der Waals surface area contributed by atoms with Crippen LogP contribution in [-0.4, -0.2) is 40.5 Å². The Morgan fingerprint density at radius 3 is 2.76 bits per heavy atom. The number of carbonyl (C=O) groups is 2. The number of rotatable bonds is 4. The Kier molecular flexibility index (Phi) is 3.63. The molecule has 0 saturated carbocycles. The molecular weight excluding hydrogens is 275 g/mol. The number of anilines is 1. The Labute approximate surface area is 121 Å². The minimum Gasteiger partial charge on any atom is -0.481 e. The van der Waals surface area contributed by atoms with Gasteiger partial charge in [-0.3, -0.25) is 14.5 Å². The molecule has 2 aliphatic heterocycles. The first kappa shape index (κ1) is 14.0. The molecule has 0 aromatic heterocycles. The fraction of sp³-hybridized carbons (Fsp3) is 0.467. The zero-order valence-corrected chi connectivity index (χ0v) is 11.5. The minimum atomic E-state index is -0.790. The van der Waals surface area contributed by atoms with Crippen LogP contribution in [0.2, 0.25) is 0 Å². The zero-order valence-electron chi connectivity index (χ0n) is 11.5. The monoisotopic (exact) mass is 292 g/mol. The highest BCUT2D eigenvalue weighted by molar-refractivity contribution is 5.92. The molecule has 1 aromatic rings. The van der Waals surface area contributed by atoms with Crippen molar-refractivity contribution in [1.29, 1.82) is 0 Å². The molecule has 1 aromatic carbocycles.